The Morgan fingerprint density at radius 2 is 1.71 bits per heavy atom. The SMILES string of the molecule is CC(C)(COP(=O)(O)OP(=O)(O)OCC1OC(C)(n2cnc3c(N)ncnc32)C(O)C1OP(=O)(O)O)C(O)C(=O)NCCC(=O)NCCSCC(=O)NCCCN1CCNCC1. The van der Waals surface area contributed by atoms with Gasteiger partial charge in [0.05, 0.1) is 25.3 Å². The Kier molecular flexibility index (Phi) is 18.8. The Hall–Kier alpha value is -2.72. The Morgan fingerprint density at radius 1 is 1.03 bits per heavy atom. The number of amides is 3. The second kappa shape index (κ2) is 22.5. The fourth-order valence-electron chi connectivity index (χ4n) is 6.20. The highest BCUT2D eigenvalue weighted by Gasteiger charge is 2.57. The van der Waals surface area contributed by atoms with Gasteiger partial charge in [0.25, 0.3) is 0 Å². The molecular formula is C31H55N10O17P3S. The van der Waals surface area contributed by atoms with Crippen molar-refractivity contribution in [3.8, 4) is 0 Å². The lowest BCUT2D eigenvalue weighted by Crippen LogP contribution is -2.46. The van der Waals surface area contributed by atoms with E-state index < -0.39 is 84.1 Å². The molecule has 3 amide bonds. The minimum atomic E-state index is -5.59. The van der Waals surface area contributed by atoms with E-state index >= 15 is 0 Å². The predicted octanol–water partition coefficient (Wildman–Crippen LogP) is -2.28. The van der Waals surface area contributed by atoms with Crippen molar-refractivity contribution in [2.45, 2.75) is 63.8 Å². The second-order valence-electron chi connectivity index (χ2n) is 15.0. The molecule has 0 aliphatic carbocycles. The molecule has 0 bridgehead atoms. The van der Waals surface area contributed by atoms with Gasteiger partial charge in [-0.1, -0.05) is 13.8 Å². The van der Waals surface area contributed by atoms with Crippen molar-refractivity contribution in [1.82, 2.24) is 45.7 Å². The van der Waals surface area contributed by atoms with Crippen LogP contribution in [0.4, 0.5) is 5.82 Å². The molecule has 0 aromatic carbocycles. The first kappa shape index (κ1) is 51.9. The Labute approximate surface area is 360 Å². The van der Waals surface area contributed by atoms with Gasteiger partial charge in [-0.3, -0.25) is 32.5 Å². The van der Waals surface area contributed by atoms with E-state index in [1.54, 1.807) is 0 Å². The number of aromatic nitrogens is 4. The number of nitrogens with one attached hydrogen (secondary N) is 4. The quantitative estimate of drug-likeness (QED) is 0.0369. The number of phosphoric acid groups is 3. The van der Waals surface area contributed by atoms with Crippen LogP contribution in [0.25, 0.3) is 11.2 Å². The smallest absolute Gasteiger partial charge is 0.385 e. The van der Waals surface area contributed by atoms with Gasteiger partial charge in [-0.2, -0.15) is 16.1 Å². The maximum absolute atomic E-state index is 12.8. The van der Waals surface area contributed by atoms with Crippen molar-refractivity contribution in [2.24, 2.45) is 5.41 Å². The predicted molar refractivity (Wildman–Crippen MR) is 219 cm³/mol. The lowest BCUT2D eigenvalue weighted by atomic mass is 9.87. The van der Waals surface area contributed by atoms with E-state index in [1.165, 1.54) is 32.5 Å². The topological polar surface area (TPSA) is 391 Å². The van der Waals surface area contributed by atoms with Crippen LogP contribution in [-0.4, -0.2) is 173 Å². The molecular weight excluding hydrogens is 909 g/mol. The number of piperazine rings is 1. The van der Waals surface area contributed by atoms with Gasteiger partial charge in [-0.05, 0) is 19.9 Å². The van der Waals surface area contributed by atoms with Crippen LogP contribution >= 0.6 is 35.2 Å². The second-order valence-corrected chi connectivity index (χ2v) is 20.3. The summed E-state index contributed by atoms with van der Waals surface area (Å²) in [6, 6.07) is 0. The Bertz CT molecular complexity index is 1990. The van der Waals surface area contributed by atoms with Crippen LogP contribution in [-0.2, 0) is 56.4 Å². The number of carbonyl (C=O) groups excluding carboxylic acids is 3. The summed E-state index contributed by atoms with van der Waals surface area (Å²) in [5.74, 6) is -0.805. The van der Waals surface area contributed by atoms with E-state index in [1.807, 2.05) is 0 Å². The summed E-state index contributed by atoms with van der Waals surface area (Å²) in [6.45, 7) is 7.26. The number of imidazole rings is 1. The highest BCUT2D eigenvalue weighted by Crippen LogP contribution is 2.61. The third kappa shape index (κ3) is 15.5. The molecule has 7 unspecified atom stereocenters. The molecule has 2 aromatic heterocycles. The third-order valence-electron chi connectivity index (χ3n) is 9.55. The molecule has 12 N–H and O–H groups in total. The van der Waals surface area contributed by atoms with Crippen LogP contribution in [0, 0.1) is 5.41 Å². The zero-order valence-electron chi connectivity index (χ0n) is 34.1. The first-order chi connectivity index (χ1) is 28.9. The first-order valence-corrected chi connectivity index (χ1v) is 24.8. The zero-order valence-corrected chi connectivity index (χ0v) is 37.6. The molecule has 62 heavy (non-hydrogen) atoms. The number of aliphatic hydroxyl groups is 2. The molecule has 2 saturated heterocycles. The molecule has 31 heteroatoms. The highest BCUT2D eigenvalue weighted by molar-refractivity contribution is 7.99. The van der Waals surface area contributed by atoms with Gasteiger partial charge in [0.1, 0.15) is 36.3 Å². The number of nitrogen functional groups attached to an aromatic ring is 1. The summed E-state index contributed by atoms with van der Waals surface area (Å²) in [5, 5.41) is 33.0. The molecule has 2 aliphatic heterocycles. The van der Waals surface area contributed by atoms with Crippen molar-refractivity contribution in [3.05, 3.63) is 12.7 Å². The number of aliphatic hydroxyl groups excluding tert-OH is 2. The van der Waals surface area contributed by atoms with E-state index in [0.29, 0.717) is 12.3 Å². The van der Waals surface area contributed by atoms with Crippen LogP contribution in [0.1, 0.15) is 33.6 Å². The number of fused-ring (bicyclic) bond motifs is 1. The van der Waals surface area contributed by atoms with Gasteiger partial charge >= 0.3 is 23.5 Å². The summed E-state index contributed by atoms with van der Waals surface area (Å²) in [5.41, 5.74) is 2.32. The number of ether oxygens (including phenoxy) is 1. The van der Waals surface area contributed by atoms with Crippen LogP contribution in [0.5, 0.6) is 0 Å². The van der Waals surface area contributed by atoms with E-state index in [0.717, 1.165) is 56.4 Å². The molecule has 2 aromatic rings. The van der Waals surface area contributed by atoms with Crippen molar-refractivity contribution < 1.29 is 80.5 Å². The number of carbonyl (C=O) groups is 3. The highest BCUT2D eigenvalue weighted by atomic mass is 32.2. The molecule has 2 aliphatic rings. The maximum atomic E-state index is 12.8. The van der Waals surface area contributed by atoms with E-state index in [9.17, 15) is 57.9 Å². The lowest BCUT2D eigenvalue weighted by molar-refractivity contribution is -0.137. The summed E-state index contributed by atoms with van der Waals surface area (Å²) in [6.07, 6.45) is -4.61. The minimum Gasteiger partial charge on any atom is -0.385 e. The van der Waals surface area contributed by atoms with Gasteiger partial charge in [0, 0.05) is 63.4 Å². The van der Waals surface area contributed by atoms with Crippen molar-refractivity contribution in [1.29, 1.82) is 0 Å². The molecule has 7 atom stereocenters. The summed E-state index contributed by atoms with van der Waals surface area (Å²) < 4.78 is 62.9. The summed E-state index contributed by atoms with van der Waals surface area (Å²) in [7, 11) is -16.5. The Morgan fingerprint density at radius 3 is 2.40 bits per heavy atom. The molecule has 0 saturated carbocycles. The monoisotopic (exact) mass is 964 g/mol. The molecule has 27 nitrogen and oxygen atoms in total. The van der Waals surface area contributed by atoms with Crippen LogP contribution in [0.15, 0.2) is 12.7 Å². The molecule has 2 fully saturated rings. The number of thioether (sulfide) groups is 1. The molecule has 4 rings (SSSR count). The fraction of sp³-hybridized carbons (Fsp3) is 0.742. The summed E-state index contributed by atoms with van der Waals surface area (Å²) >= 11 is 1.35. The lowest BCUT2D eigenvalue weighted by Gasteiger charge is -2.30. The maximum Gasteiger partial charge on any atom is 0.481 e. The van der Waals surface area contributed by atoms with Crippen molar-refractivity contribution >= 4 is 69.9 Å². The van der Waals surface area contributed by atoms with E-state index in [4.69, 9.17) is 24.0 Å². The van der Waals surface area contributed by atoms with Crippen LogP contribution < -0.4 is 27.0 Å². The summed E-state index contributed by atoms with van der Waals surface area (Å²) in [4.78, 5) is 90.7. The van der Waals surface area contributed by atoms with Crippen LogP contribution in [0.3, 0.4) is 0 Å². The number of nitrogens with zero attached hydrogens (tertiary/aromatic N) is 5. The molecule has 4 heterocycles. The van der Waals surface area contributed by atoms with Crippen molar-refractivity contribution in [2.75, 3.05) is 82.8 Å². The van der Waals surface area contributed by atoms with E-state index in [-0.39, 0.29) is 48.2 Å². The largest absolute Gasteiger partial charge is 0.481 e. The average Bonchev–Trinajstić information content (AvgIpc) is 3.74. The van der Waals surface area contributed by atoms with Gasteiger partial charge in [0.15, 0.2) is 17.2 Å². The number of anilines is 1. The molecule has 0 radical (unpaired) electrons. The Balaban J connectivity index is 1.17. The van der Waals surface area contributed by atoms with E-state index in [2.05, 4.69) is 45.4 Å². The standard InChI is InChI=1S/C31H55N10O17P3S/c1-30(2,26(45)29(46)36-7-5-21(42)35-10-14-62-16-22(43)34-6-4-11-40-12-8-33-9-13-40)17-55-61(52,53)58-60(50,51)54-15-20-24(57-59(47,48)49)25(44)31(3,56-20)41-19-39-23-27(32)37-18-38-28(23)41/h18-20,24-26,33,44-45H,4-17H2,1-3H3,(H,34,43)(H,35,42)(H,36,46)(H,50,51)(H,52,53)(H2,32,37,38)(H2,47,48,49). The number of rotatable bonds is 25. The van der Waals surface area contributed by atoms with Gasteiger partial charge < -0.3 is 66.4 Å². The molecule has 0 spiro atoms. The third-order valence-corrected chi connectivity index (χ3v) is 13.6. The van der Waals surface area contributed by atoms with Gasteiger partial charge in [-0.25, -0.2) is 28.6 Å². The molecule has 352 valence electrons. The van der Waals surface area contributed by atoms with Crippen LogP contribution in [0.2, 0.25) is 0 Å². The number of nitrogens with two attached hydrogens (primary N) is 1. The number of phosphoric ester groups is 3. The van der Waals surface area contributed by atoms with Crippen molar-refractivity contribution in [3.63, 3.8) is 0 Å². The first-order valence-electron chi connectivity index (χ1n) is 19.1. The minimum absolute atomic E-state index is 0.0198. The normalized spacial score (nSPS) is 23.7. The van der Waals surface area contributed by atoms with Gasteiger partial charge in [0.2, 0.25) is 17.7 Å². The number of hydrogen-bond donors (Lipinski definition) is 11. The van der Waals surface area contributed by atoms with Gasteiger partial charge in [-0.15, -0.1) is 0 Å². The zero-order chi connectivity index (χ0) is 45.9. The fourth-order valence-corrected chi connectivity index (χ4v) is 9.69. The average molecular weight is 965 g/mol. The number of hydrogen-bond acceptors (Lipinski definition) is 20.